The van der Waals surface area contributed by atoms with Gasteiger partial charge >= 0.3 is 12.2 Å². The molecule has 0 spiro atoms. The minimum atomic E-state index is -0.439. The van der Waals surface area contributed by atoms with E-state index < -0.39 is 11.2 Å². The van der Waals surface area contributed by atoms with Gasteiger partial charge in [-0.1, -0.05) is 23.7 Å². The van der Waals surface area contributed by atoms with Crippen LogP contribution in [0.25, 0.3) is 0 Å². The Hall–Kier alpha value is -2.03. The summed E-state index contributed by atoms with van der Waals surface area (Å²) in [5.74, 6) is 0. The molecule has 192 valence electrons. The van der Waals surface area contributed by atoms with Crippen molar-refractivity contribution in [3.8, 4) is 0 Å². The first-order chi connectivity index (χ1) is 15.7. The third-order valence-electron chi connectivity index (χ3n) is 5.22. The highest BCUT2D eigenvalue weighted by Crippen LogP contribution is 2.17. The smallest absolute Gasteiger partial charge is 0.410 e. The average molecular weight is 497 g/mol. The van der Waals surface area contributed by atoms with Crippen LogP contribution in [-0.4, -0.2) is 71.5 Å². The van der Waals surface area contributed by atoms with E-state index in [2.05, 4.69) is 5.32 Å². The molecule has 0 saturated carbocycles. The first-order valence-corrected chi connectivity index (χ1v) is 12.3. The molecular weight excluding hydrogens is 456 g/mol. The van der Waals surface area contributed by atoms with Gasteiger partial charge in [0, 0.05) is 49.8 Å². The summed E-state index contributed by atoms with van der Waals surface area (Å²) in [6.45, 7) is 14.8. The summed E-state index contributed by atoms with van der Waals surface area (Å²) >= 11 is 5.87. The Balaban J connectivity index is 0.000000270. The number of benzene rings is 1. The second-order valence-electron chi connectivity index (χ2n) is 10.9. The van der Waals surface area contributed by atoms with Crippen molar-refractivity contribution in [3.63, 3.8) is 0 Å². The van der Waals surface area contributed by atoms with Crippen molar-refractivity contribution < 1.29 is 19.1 Å². The maximum absolute atomic E-state index is 12.0. The number of carbonyl (C=O) groups excluding carboxylic acids is 2. The quantitative estimate of drug-likeness (QED) is 0.644. The summed E-state index contributed by atoms with van der Waals surface area (Å²) in [4.78, 5) is 26.9. The summed E-state index contributed by atoms with van der Waals surface area (Å²) < 4.78 is 10.6. The molecule has 1 aromatic rings. The summed E-state index contributed by atoms with van der Waals surface area (Å²) in [6, 6.07) is 8.23. The fourth-order valence-electron chi connectivity index (χ4n) is 3.56. The van der Waals surface area contributed by atoms with Crippen LogP contribution in [0.2, 0.25) is 5.02 Å². The normalized spacial score (nSPS) is 20.6. The number of amides is 2. The van der Waals surface area contributed by atoms with Crippen molar-refractivity contribution in [2.75, 3.05) is 26.2 Å². The molecule has 2 aliphatic rings. The number of ether oxygens (including phenoxy) is 2. The molecule has 0 radical (unpaired) electrons. The molecule has 3 N–H and O–H groups in total. The van der Waals surface area contributed by atoms with Gasteiger partial charge in [-0.15, -0.1) is 0 Å². The molecule has 0 aliphatic carbocycles. The Morgan fingerprint density at radius 1 is 0.941 bits per heavy atom. The lowest BCUT2D eigenvalue weighted by molar-refractivity contribution is 0.0281. The number of nitrogens with two attached hydrogens (primary N) is 1. The minimum Gasteiger partial charge on any atom is -0.444 e. The molecule has 8 nitrogen and oxygen atoms in total. The van der Waals surface area contributed by atoms with Gasteiger partial charge in [0.15, 0.2) is 0 Å². The predicted octanol–water partition coefficient (Wildman–Crippen LogP) is 4.39. The van der Waals surface area contributed by atoms with Gasteiger partial charge in [-0.05, 0) is 72.1 Å². The first-order valence-electron chi connectivity index (χ1n) is 11.9. The van der Waals surface area contributed by atoms with Gasteiger partial charge in [-0.25, -0.2) is 9.59 Å². The van der Waals surface area contributed by atoms with E-state index >= 15 is 0 Å². The van der Waals surface area contributed by atoms with Crippen molar-refractivity contribution in [3.05, 3.63) is 34.9 Å². The molecule has 0 bridgehead atoms. The van der Waals surface area contributed by atoms with Gasteiger partial charge < -0.3 is 30.3 Å². The van der Waals surface area contributed by atoms with Crippen molar-refractivity contribution in [2.24, 2.45) is 5.73 Å². The van der Waals surface area contributed by atoms with E-state index in [1.165, 1.54) is 5.56 Å². The van der Waals surface area contributed by atoms with Gasteiger partial charge in [-0.3, -0.25) is 0 Å². The Labute approximate surface area is 209 Å². The van der Waals surface area contributed by atoms with Crippen molar-refractivity contribution in [1.82, 2.24) is 15.1 Å². The van der Waals surface area contributed by atoms with E-state index in [4.69, 9.17) is 26.8 Å². The first kappa shape index (κ1) is 28.2. The molecular formula is C25H41ClN4O4. The second kappa shape index (κ2) is 12.1. The van der Waals surface area contributed by atoms with Crippen LogP contribution in [0.1, 0.15) is 59.9 Å². The zero-order valence-corrected chi connectivity index (χ0v) is 22.2. The van der Waals surface area contributed by atoms with E-state index in [0.29, 0.717) is 19.1 Å². The van der Waals surface area contributed by atoms with Gasteiger partial charge in [0.1, 0.15) is 11.2 Å². The maximum Gasteiger partial charge on any atom is 0.410 e. The topological polar surface area (TPSA) is 97.1 Å². The number of hydrogen-bond donors (Lipinski definition) is 2. The second-order valence-corrected chi connectivity index (χ2v) is 11.3. The number of likely N-dealkylation sites (tertiary alicyclic amines) is 2. The van der Waals surface area contributed by atoms with Crippen LogP contribution in [-0.2, 0) is 16.0 Å². The Bertz CT molecular complexity index is 805. The van der Waals surface area contributed by atoms with Crippen LogP contribution in [0, 0.1) is 0 Å². The highest BCUT2D eigenvalue weighted by Gasteiger charge is 2.29. The molecule has 1 unspecified atom stereocenters. The van der Waals surface area contributed by atoms with Gasteiger partial charge in [0.05, 0.1) is 0 Å². The standard InChI is InChI=1S/C16H23ClN2O2.C9H18N2O2/c1-16(2,3)21-15(20)19-9-8-14(11-19)18-10-12-4-6-13(17)7-5-12;1-9(2,3)13-8(12)11-5-4-7(10)6-11/h4-7,14,18H,8-11H2,1-3H3;7H,4-6,10H2,1-3H3/t;7-/m.1/s1. The molecule has 2 heterocycles. The predicted molar refractivity (Wildman–Crippen MR) is 135 cm³/mol. The average Bonchev–Trinajstić information content (AvgIpc) is 3.35. The van der Waals surface area contributed by atoms with Crippen LogP contribution in [0.5, 0.6) is 0 Å². The van der Waals surface area contributed by atoms with E-state index in [0.717, 1.165) is 37.5 Å². The van der Waals surface area contributed by atoms with Gasteiger partial charge in [0.2, 0.25) is 0 Å². The minimum absolute atomic E-state index is 0.118. The number of rotatable bonds is 3. The fraction of sp³-hybridized carbons (Fsp3) is 0.680. The third kappa shape index (κ3) is 10.5. The summed E-state index contributed by atoms with van der Waals surface area (Å²) in [5.41, 5.74) is 6.02. The number of nitrogens with one attached hydrogen (secondary N) is 1. The van der Waals surface area contributed by atoms with Crippen LogP contribution in [0.15, 0.2) is 24.3 Å². The lowest BCUT2D eigenvalue weighted by Crippen LogP contribution is -2.38. The lowest BCUT2D eigenvalue weighted by atomic mass is 10.2. The Morgan fingerprint density at radius 2 is 1.44 bits per heavy atom. The lowest BCUT2D eigenvalue weighted by Gasteiger charge is -2.24. The van der Waals surface area contributed by atoms with Crippen LogP contribution in [0.4, 0.5) is 9.59 Å². The molecule has 9 heteroatoms. The van der Waals surface area contributed by atoms with E-state index in [1.54, 1.807) is 9.80 Å². The van der Waals surface area contributed by atoms with Crippen molar-refractivity contribution >= 4 is 23.8 Å². The Morgan fingerprint density at radius 3 is 1.91 bits per heavy atom. The third-order valence-corrected chi connectivity index (χ3v) is 5.48. The van der Waals surface area contributed by atoms with E-state index in [-0.39, 0.29) is 18.2 Å². The summed E-state index contributed by atoms with van der Waals surface area (Å²) in [5, 5.41) is 4.22. The SMILES string of the molecule is CC(C)(C)OC(=O)N1CCC(NCc2ccc(Cl)cc2)C1.CC(C)(C)OC(=O)N1CC[C@@H](N)C1. The zero-order chi connectivity index (χ0) is 25.5. The van der Waals surface area contributed by atoms with Gasteiger partial charge in [-0.2, -0.15) is 0 Å². The highest BCUT2D eigenvalue weighted by atomic mass is 35.5. The van der Waals surface area contributed by atoms with Crippen molar-refractivity contribution in [2.45, 2.75) is 84.2 Å². The van der Waals surface area contributed by atoms with Crippen LogP contribution in [0.3, 0.4) is 0 Å². The molecule has 2 fully saturated rings. The van der Waals surface area contributed by atoms with Crippen LogP contribution >= 0.6 is 11.6 Å². The number of hydrogen-bond acceptors (Lipinski definition) is 6. The molecule has 2 aliphatic heterocycles. The molecule has 2 atom stereocenters. The molecule has 2 amide bonds. The molecule has 2 saturated heterocycles. The zero-order valence-electron chi connectivity index (χ0n) is 21.4. The number of halogens is 1. The Kier molecular flexibility index (Phi) is 10.0. The van der Waals surface area contributed by atoms with Crippen LogP contribution < -0.4 is 11.1 Å². The van der Waals surface area contributed by atoms with Crippen molar-refractivity contribution in [1.29, 1.82) is 0 Å². The molecule has 1 aromatic carbocycles. The van der Waals surface area contributed by atoms with E-state index in [9.17, 15) is 9.59 Å². The fourth-order valence-corrected chi connectivity index (χ4v) is 3.69. The van der Waals surface area contributed by atoms with E-state index in [1.807, 2.05) is 65.8 Å². The maximum atomic E-state index is 12.0. The summed E-state index contributed by atoms with van der Waals surface area (Å²) in [6.07, 6.45) is 1.35. The molecule has 0 aromatic heterocycles. The monoisotopic (exact) mass is 496 g/mol. The number of nitrogens with zero attached hydrogens (tertiary/aromatic N) is 2. The molecule has 34 heavy (non-hydrogen) atoms. The largest absolute Gasteiger partial charge is 0.444 e. The molecule has 3 rings (SSSR count). The summed E-state index contributed by atoms with van der Waals surface area (Å²) in [7, 11) is 0. The highest BCUT2D eigenvalue weighted by molar-refractivity contribution is 6.30. The number of carbonyl (C=O) groups is 2. The van der Waals surface area contributed by atoms with Gasteiger partial charge in [0.25, 0.3) is 0 Å².